The summed E-state index contributed by atoms with van der Waals surface area (Å²) in [7, 11) is 1.62. The van der Waals surface area contributed by atoms with Crippen molar-refractivity contribution in [2.75, 3.05) is 33.3 Å². The number of ether oxygens (including phenoxy) is 1. The molecule has 8 heteroatoms. The number of morpholine rings is 1. The number of nitro groups is 1. The van der Waals surface area contributed by atoms with Crippen LogP contribution >= 0.6 is 11.6 Å². The van der Waals surface area contributed by atoms with E-state index < -0.39 is 4.92 Å². The van der Waals surface area contributed by atoms with Gasteiger partial charge in [-0.1, -0.05) is 11.6 Å². The molecule has 1 atom stereocenters. The zero-order valence-corrected chi connectivity index (χ0v) is 12.3. The molecule has 1 amide bonds. The average Bonchev–Trinajstić information content (AvgIpc) is 2.47. The first kappa shape index (κ1) is 15.7. The zero-order chi connectivity index (χ0) is 15.4. The van der Waals surface area contributed by atoms with Gasteiger partial charge in [-0.3, -0.25) is 14.9 Å². The molecule has 114 valence electrons. The maximum Gasteiger partial charge on any atom is 0.270 e. The van der Waals surface area contributed by atoms with E-state index >= 15 is 0 Å². The van der Waals surface area contributed by atoms with Gasteiger partial charge >= 0.3 is 0 Å². The number of nitrogens with one attached hydrogen (secondary N) is 1. The number of carbonyl (C=O) groups excluding carboxylic acids is 1. The predicted molar refractivity (Wildman–Crippen MR) is 77.7 cm³/mol. The van der Waals surface area contributed by atoms with Gasteiger partial charge in [-0.25, -0.2) is 0 Å². The predicted octanol–water partition coefficient (Wildman–Crippen LogP) is 1.31. The third kappa shape index (κ3) is 3.90. The Morgan fingerprint density at radius 3 is 3.00 bits per heavy atom. The summed E-state index contributed by atoms with van der Waals surface area (Å²) in [4.78, 5) is 24.0. The van der Waals surface area contributed by atoms with E-state index in [4.69, 9.17) is 16.3 Å². The van der Waals surface area contributed by atoms with Crippen LogP contribution in [0.15, 0.2) is 18.2 Å². The molecule has 0 spiro atoms. The molecule has 1 N–H and O–H groups in total. The molecule has 1 saturated heterocycles. The highest BCUT2D eigenvalue weighted by molar-refractivity contribution is 6.33. The zero-order valence-electron chi connectivity index (χ0n) is 11.5. The van der Waals surface area contributed by atoms with E-state index in [-0.39, 0.29) is 28.3 Å². The van der Waals surface area contributed by atoms with Crippen molar-refractivity contribution in [1.82, 2.24) is 10.2 Å². The van der Waals surface area contributed by atoms with Crippen LogP contribution in [0.25, 0.3) is 0 Å². The molecule has 1 aliphatic rings. The Morgan fingerprint density at radius 2 is 2.38 bits per heavy atom. The Bertz CT molecular complexity index is 546. The molecule has 1 aliphatic heterocycles. The van der Waals surface area contributed by atoms with Gasteiger partial charge in [0.05, 0.1) is 28.2 Å². The third-order valence-electron chi connectivity index (χ3n) is 3.22. The second-order valence-electron chi connectivity index (χ2n) is 4.80. The van der Waals surface area contributed by atoms with Crippen LogP contribution in [0.5, 0.6) is 0 Å². The Morgan fingerprint density at radius 1 is 1.62 bits per heavy atom. The van der Waals surface area contributed by atoms with E-state index in [0.29, 0.717) is 19.7 Å². The number of nitrogens with zero attached hydrogens (tertiary/aromatic N) is 2. The number of hydrogen-bond acceptors (Lipinski definition) is 5. The monoisotopic (exact) mass is 313 g/mol. The number of rotatable bonds is 4. The third-order valence-corrected chi connectivity index (χ3v) is 3.55. The van der Waals surface area contributed by atoms with Gasteiger partial charge < -0.3 is 15.0 Å². The van der Waals surface area contributed by atoms with Gasteiger partial charge in [0.2, 0.25) is 0 Å². The van der Waals surface area contributed by atoms with E-state index in [1.807, 2.05) is 0 Å². The first-order valence-electron chi connectivity index (χ1n) is 6.50. The number of benzene rings is 1. The first-order chi connectivity index (χ1) is 9.99. The van der Waals surface area contributed by atoms with Crippen molar-refractivity contribution in [1.29, 1.82) is 0 Å². The van der Waals surface area contributed by atoms with Gasteiger partial charge in [-0.2, -0.15) is 0 Å². The fourth-order valence-corrected chi connectivity index (χ4v) is 2.32. The quantitative estimate of drug-likeness (QED) is 0.669. The van der Waals surface area contributed by atoms with Crippen LogP contribution in [0.2, 0.25) is 5.02 Å². The van der Waals surface area contributed by atoms with Gasteiger partial charge in [0.1, 0.15) is 0 Å². The number of non-ortho nitro benzene ring substituents is 1. The molecular weight excluding hydrogens is 298 g/mol. The molecule has 1 heterocycles. The topological polar surface area (TPSA) is 84.7 Å². The van der Waals surface area contributed by atoms with Crippen LogP contribution in [0.1, 0.15) is 10.4 Å². The number of carbonyl (C=O) groups is 1. The maximum absolute atomic E-state index is 12.4. The molecule has 0 aromatic heterocycles. The van der Waals surface area contributed by atoms with Gasteiger partial charge in [-0.15, -0.1) is 0 Å². The lowest BCUT2D eigenvalue weighted by molar-refractivity contribution is -0.384. The summed E-state index contributed by atoms with van der Waals surface area (Å²) in [5.41, 5.74) is -0.0381. The number of amides is 1. The summed E-state index contributed by atoms with van der Waals surface area (Å²) in [6.45, 7) is 2.46. The van der Waals surface area contributed by atoms with Crippen LogP contribution in [0.3, 0.4) is 0 Å². The second-order valence-corrected chi connectivity index (χ2v) is 5.21. The Balaban J connectivity index is 2.10. The Hall–Kier alpha value is -1.70. The summed E-state index contributed by atoms with van der Waals surface area (Å²) in [5.74, 6) is -0.363. The number of likely N-dealkylation sites (N-methyl/N-ethyl adjacent to an activating group) is 1. The molecule has 0 radical (unpaired) electrons. The number of hydrogen-bond donors (Lipinski definition) is 1. The van der Waals surface area contributed by atoms with E-state index in [2.05, 4.69) is 5.32 Å². The summed E-state index contributed by atoms with van der Waals surface area (Å²) >= 11 is 5.97. The molecule has 0 aliphatic carbocycles. The van der Waals surface area contributed by atoms with Crippen molar-refractivity contribution in [2.45, 2.75) is 6.10 Å². The standard InChI is InChI=1S/C13H16ClN3O4/c1-16(8-10-7-15-4-5-21-10)13(18)11-6-9(17(19)20)2-3-12(11)14/h2-3,6,10,15H,4-5,7-8H2,1H3. The van der Waals surface area contributed by atoms with Crippen molar-refractivity contribution >= 4 is 23.2 Å². The summed E-state index contributed by atoms with van der Waals surface area (Å²) in [6, 6.07) is 3.83. The molecule has 21 heavy (non-hydrogen) atoms. The van der Waals surface area contributed by atoms with Gasteiger partial charge in [0.15, 0.2) is 0 Å². The number of nitro benzene ring substituents is 1. The highest BCUT2D eigenvalue weighted by Crippen LogP contribution is 2.23. The molecule has 7 nitrogen and oxygen atoms in total. The molecule has 1 aromatic carbocycles. The highest BCUT2D eigenvalue weighted by atomic mass is 35.5. The largest absolute Gasteiger partial charge is 0.374 e. The minimum Gasteiger partial charge on any atom is -0.374 e. The van der Waals surface area contributed by atoms with Gasteiger partial charge in [-0.05, 0) is 6.07 Å². The minimum absolute atomic E-state index is 0.0924. The normalized spacial score (nSPS) is 18.3. The van der Waals surface area contributed by atoms with E-state index in [0.717, 1.165) is 6.54 Å². The van der Waals surface area contributed by atoms with Crippen molar-refractivity contribution in [3.8, 4) is 0 Å². The SMILES string of the molecule is CN(CC1CNCCO1)C(=O)c1cc([N+](=O)[O-])ccc1Cl. The molecule has 0 saturated carbocycles. The summed E-state index contributed by atoms with van der Waals surface area (Å²) < 4.78 is 5.53. The summed E-state index contributed by atoms with van der Waals surface area (Å²) in [6.07, 6.45) is -0.0924. The van der Waals surface area contributed by atoms with E-state index in [1.165, 1.54) is 23.1 Å². The Labute approximate surface area is 127 Å². The van der Waals surface area contributed by atoms with E-state index in [9.17, 15) is 14.9 Å². The highest BCUT2D eigenvalue weighted by Gasteiger charge is 2.22. The van der Waals surface area contributed by atoms with Crippen LogP contribution in [0, 0.1) is 10.1 Å². The minimum atomic E-state index is -0.554. The van der Waals surface area contributed by atoms with Gasteiger partial charge in [0.25, 0.3) is 11.6 Å². The first-order valence-corrected chi connectivity index (χ1v) is 6.88. The lowest BCUT2D eigenvalue weighted by Crippen LogP contribution is -2.45. The molecule has 1 unspecified atom stereocenters. The lowest BCUT2D eigenvalue weighted by Gasteiger charge is -2.28. The lowest BCUT2D eigenvalue weighted by atomic mass is 10.1. The van der Waals surface area contributed by atoms with Crippen molar-refractivity contribution in [3.05, 3.63) is 38.9 Å². The van der Waals surface area contributed by atoms with Crippen molar-refractivity contribution in [3.63, 3.8) is 0 Å². The van der Waals surface area contributed by atoms with Crippen LogP contribution in [0.4, 0.5) is 5.69 Å². The summed E-state index contributed by atoms with van der Waals surface area (Å²) in [5, 5.41) is 14.2. The van der Waals surface area contributed by atoms with Crippen LogP contribution in [-0.4, -0.2) is 55.1 Å². The van der Waals surface area contributed by atoms with Gasteiger partial charge in [0, 0.05) is 38.8 Å². The second kappa shape index (κ2) is 6.84. The van der Waals surface area contributed by atoms with Crippen molar-refractivity contribution in [2.24, 2.45) is 0 Å². The average molecular weight is 314 g/mol. The molecular formula is C13H16ClN3O4. The maximum atomic E-state index is 12.4. The van der Waals surface area contributed by atoms with Crippen molar-refractivity contribution < 1.29 is 14.5 Å². The van der Waals surface area contributed by atoms with Crippen LogP contribution in [-0.2, 0) is 4.74 Å². The molecule has 1 fully saturated rings. The van der Waals surface area contributed by atoms with E-state index in [1.54, 1.807) is 7.05 Å². The Kier molecular flexibility index (Phi) is 5.11. The number of halogens is 1. The fourth-order valence-electron chi connectivity index (χ4n) is 2.12. The molecule has 1 aromatic rings. The smallest absolute Gasteiger partial charge is 0.270 e. The fraction of sp³-hybridized carbons (Fsp3) is 0.462. The molecule has 0 bridgehead atoms. The molecule has 2 rings (SSSR count). The van der Waals surface area contributed by atoms with Crippen LogP contribution < -0.4 is 5.32 Å².